The lowest BCUT2D eigenvalue weighted by Crippen LogP contribution is -2.40. The van der Waals surface area contributed by atoms with E-state index in [-0.39, 0.29) is 23.5 Å². The number of halogens is 2. The van der Waals surface area contributed by atoms with Crippen LogP contribution in [0.4, 0.5) is 10.1 Å². The molecule has 1 unspecified atom stereocenters. The van der Waals surface area contributed by atoms with E-state index in [2.05, 4.69) is 22.5 Å². The Hall–Kier alpha value is -2.44. The number of nitrogens with zero attached hydrogens (tertiary/aromatic N) is 1. The van der Waals surface area contributed by atoms with Crippen LogP contribution in [0.15, 0.2) is 42.5 Å². The fraction of sp³-hybridized carbons (Fsp3) is 0.417. The Bertz CT molecular complexity index is 901. The highest BCUT2D eigenvalue weighted by molar-refractivity contribution is 6.31. The van der Waals surface area contributed by atoms with Crippen molar-refractivity contribution in [3.05, 3.63) is 64.4 Å². The average Bonchev–Trinajstić information content (AvgIpc) is 2.77. The Labute approximate surface area is 188 Å². The molecule has 0 saturated carbocycles. The molecular formula is C24H29ClFN3O2. The maximum Gasteiger partial charge on any atom is 0.253 e. The van der Waals surface area contributed by atoms with Gasteiger partial charge in [-0.1, -0.05) is 43.1 Å². The zero-order chi connectivity index (χ0) is 22.2. The minimum absolute atomic E-state index is 0.127. The van der Waals surface area contributed by atoms with E-state index in [9.17, 15) is 14.0 Å². The fourth-order valence-corrected chi connectivity index (χ4v) is 4.04. The van der Waals surface area contributed by atoms with Crippen LogP contribution in [0.1, 0.15) is 48.5 Å². The predicted molar refractivity (Wildman–Crippen MR) is 122 cm³/mol. The molecule has 3 rings (SSSR count). The summed E-state index contributed by atoms with van der Waals surface area (Å²) >= 11 is 6.16. The van der Waals surface area contributed by atoms with Crippen molar-refractivity contribution < 1.29 is 14.0 Å². The predicted octanol–water partition coefficient (Wildman–Crippen LogP) is 4.86. The van der Waals surface area contributed by atoms with Crippen LogP contribution in [-0.4, -0.2) is 36.3 Å². The van der Waals surface area contributed by atoms with E-state index in [1.165, 1.54) is 6.07 Å². The summed E-state index contributed by atoms with van der Waals surface area (Å²) in [6, 6.07) is 11.7. The summed E-state index contributed by atoms with van der Waals surface area (Å²) in [6.45, 7) is 4.33. The zero-order valence-corrected chi connectivity index (χ0v) is 18.6. The Morgan fingerprint density at radius 3 is 2.77 bits per heavy atom. The van der Waals surface area contributed by atoms with Gasteiger partial charge in [0.1, 0.15) is 5.82 Å². The largest absolute Gasteiger partial charge is 0.352 e. The van der Waals surface area contributed by atoms with Crippen molar-refractivity contribution in [3.8, 4) is 0 Å². The lowest BCUT2D eigenvalue weighted by molar-refractivity contribution is -0.121. The van der Waals surface area contributed by atoms with Crippen molar-refractivity contribution >= 4 is 29.1 Å². The Morgan fingerprint density at radius 1 is 1.19 bits per heavy atom. The molecular weight excluding hydrogens is 417 g/mol. The topological polar surface area (TPSA) is 61.4 Å². The van der Waals surface area contributed by atoms with Gasteiger partial charge in [0.2, 0.25) is 5.91 Å². The van der Waals surface area contributed by atoms with Gasteiger partial charge >= 0.3 is 0 Å². The van der Waals surface area contributed by atoms with Crippen LogP contribution in [0.25, 0.3) is 0 Å². The number of piperidine rings is 1. The molecule has 0 spiro atoms. The molecule has 1 aliphatic rings. The van der Waals surface area contributed by atoms with Crippen molar-refractivity contribution in [1.82, 2.24) is 10.2 Å². The molecule has 0 bridgehead atoms. The fourth-order valence-electron chi connectivity index (χ4n) is 3.82. The highest BCUT2D eigenvalue weighted by Gasteiger charge is 2.27. The molecule has 1 aliphatic heterocycles. The second kappa shape index (κ2) is 11.3. The summed E-state index contributed by atoms with van der Waals surface area (Å²) in [5, 5.41) is 6.22. The number of hydrogen-bond acceptors (Lipinski definition) is 3. The molecule has 2 amide bonds. The molecule has 1 fully saturated rings. The highest BCUT2D eigenvalue weighted by Crippen LogP contribution is 2.25. The van der Waals surface area contributed by atoms with E-state index in [1.54, 1.807) is 36.4 Å². The van der Waals surface area contributed by atoms with Gasteiger partial charge in [0.15, 0.2) is 0 Å². The third-order valence-electron chi connectivity index (χ3n) is 5.57. The first-order valence-electron chi connectivity index (χ1n) is 10.8. The lowest BCUT2D eigenvalue weighted by atomic mass is 9.96. The van der Waals surface area contributed by atoms with Crippen molar-refractivity contribution in [1.29, 1.82) is 0 Å². The standard InChI is InChI=1S/C24H29ClFN3O2/c1-2-3-13-27-24(31)18-9-4-5-12-22(18)28-23(30)17-8-7-14-29(15-17)16-19-20(25)10-6-11-21(19)26/h4-6,9-12,17H,2-3,7-8,13-16H2,1H3,(H,27,31)(H,28,30). The van der Waals surface area contributed by atoms with Crippen LogP contribution in [-0.2, 0) is 11.3 Å². The first-order chi connectivity index (χ1) is 15.0. The van der Waals surface area contributed by atoms with E-state index in [0.29, 0.717) is 41.5 Å². The molecule has 5 nitrogen and oxygen atoms in total. The summed E-state index contributed by atoms with van der Waals surface area (Å²) in [5.74, 6) is -0.889. The molecule has 1 heterocycles. The monoisotopic (exact) mass is 445 g/mol. The van der Waals surface area contributed by atoms with E-state index < -0.39 is 0 Å². The lowest BCUT2D eigenvalue weighted by Gasteiger charge is -2.32. The number of carbonyl (C=O) groups is 2. The average molecular weight is 446 g/mol. The second-order valence-corrected chi connectivity index (χ2v) is 8.33. The van der Waals surface area contributed by atoms with Crippen molar-refractivity contribution in [2.24, 2.45) is 5.92 Å². The Balaban J connectivity index is 1.64. The number of likely N-dealkylation sites (tertiary alicyclic amines) is 1. The van der Waals surface area contributed by atoms with Crippen LogP contribution in [0.2, 0.25) is 5.02 Å². The number of amides is 2. The third-order valence-corrected chi connectivity index (χ3v) is 5.92. The number of hydrogen-bond donors (Lipinski definition) is 2. The maximum atomic E-state index is 14.2. The first kappa shape index (κ1) is 23.2. The molecule has 0 aliphatic carbocycles. The number of carbonyl (C=O) groups excluding carboxylic acids is 2. The van der Waals surface area contributed by atoms with E-state index in [0.717, 1.165) is 32.2 Å². The van der Waals surface area contributed by atoms with Crippen molar-refractivity contribution in [2.45, 2.75) is 39.2 Å². The minimum atomic E-state index is -0.331. The van der Waals surface area contributed by atoms with Crippen molar-refractivity contribution in [3.63, 3.8) is 0 Å². The first-order valence-corrected chi connectivity index (χ1v) is 11.2. The number of para-hydroxylation sites is 1. The smallest absolute Gasteiger partial charge is 0.253 e. The van der Waals surface area contributed by atoms with Gasteiger partial charge in [-0.05, 0) is 50.1 Å². The summed E-state index contributed by atoms with van der Waals surface area (Å²) in [4.78, 5) is 27.5. The van der Waals surface area contributed by atoms with Gasteiger partial charge in [0, 0.05) is 30.2 Å². The summed E-state index contributed by atoms with van der Waals surface area (Å²) in [5.41, 5.74) is 1.42. The number of nitrogens with one attached hydrogen (secondary N) is 2. The van der Waals surface area contributed by atoms with Gasteiger partial charge in [-0.25, -0.2) is 4.39 Å². The summed E-state index contributed by atoms with van der Waals surface area (Å²) in [6.07, 6.45) is 3.49. The van der Waals surface area contributed by atoms with Gasteiger partial charge < -0.3 is 10.6 Å². The van der Waals surface area contributed by atoms with E-state index in [1.807, 2.05) is 0 Å². The molecule has 0 radical (unpaired) electrons. The molecule has 166 valence electrons. The minimum Gasteiger partial charge on any atom is -0.352 e. The van der Waals surface area contributed by atoms with Gasteiger partial charge in [0.05, 0.1) is 17.2 Å². The second-order valence-electron chi connectivity index (χ2n) is 7.92. The molecule has 1 saturated heterocycles. The van der Waals surface area contributed by atoms with Crippen LogP contribution in [0.5, 0.6) is 0 Å². The SMILES string of the molecule is CCCCNC(=O)c1ccccc1NC(=O)C1CCCN(Cc2c(F)cccc2Cl)C1. The van der Waals surface area contributed by atoms with Gasteiger partial charge in [-0.2, -0.15) is 0 Å². The maximum absolute atomic E-state index is 14.2. The number of unbranched alkanes of at least 4 members (excludes halogenated alkanes) is 1. The van der Waals surface area contributed by atoms with Crippen LogP contribution in [0.3, 0.4) is 0 Å². The van der Waals surface area contributed by atoms with E-state index >= 15 is 0 Å². The molecule has 0 aromatic heterocycles. The van der Waals surface area contributed by atoms with Gasteiger partial charge in [-0.3, -0.25) is 14.5 Å². The molecule has 2 aromatic carbocycles. The third kappa shape index (κ3) is 6.28. The Kier molecular flexibility index (Phi) is 8.43. The molecule has 7 heteroatoms. The van der Waals surface area contributed by atoms with Crippen LogP contribution < -0.4 is 10.6 Å². The number of anilines is 1. The van der Waals surface area contributed by atoms with E-state index in [4.69, 9.17) is 11.6 Å². The van der Waals surface area contributed by atoms with Crippen LogP contribution >= 0.6 is 11.6 Å². The number of benzene rings is 2. The molecule has 1 atom stereocenters. The number of rotatable bonds is 8. The van der Waals surface area contributed by atoms with Crippen molar-refractivity contribution in [2.75, 3.05) is 25.0 Å². The quantitative estimate of drug-likeness (QED) is 0.570. The molecule has 31 heavy (non-hydrogen) atoms. The van der Waals surface area contributed by atoms with Gasteiger partial charge in [-0.15, -0.1) is 0 Å². The normalized spacial score (nSPS) is 16.7. The Morgan fingerprint density at radius 2 is 2.00 bits per heavy atom. The highest BCUT2D eigenvalue weighted by atomic mass is 35.5. The van der Waals surface area contributed by atoms with Crippen LogP contribution in [0, 0.1) is 11.7 Å². The zero-order valence-electron chi connectivity index (χ0n) is 17.8. The van der Waals surface area contributed by atoms with Gasteiger partial charge in [0.25, 0.3) is 5.91 Å². The molecule has 2 N–H and O–H groups in total. The summed E-state index contributed by atoms with van der Waals surface area (Å²) in [7, 11) is 0. The summed E-state index contributed by atoms with van der Waals surface area (Å²) < 4.78 is 14.2. The molecule has 2 aromatic rings.